The van der Waals surface area contributed by atoms with Gasteiger partial charge in [0.1, 0.15) is 17.5 Å². The largest absolute Gasteiger partial charge is 0.491 e. The lowest BCUT2D eigenvalue weighted by molar-refractivity contribution is -0.0507. The minimum absolute atomic E-state index is 0.155. The van der Waals surface area contributed by atoms with Crippen LogP contribution < -0.4 is 10.1 Å². The van der Waals surface area contributed by atoms with Crippen molar-refractivity contribution in [3.8, 4) is 5.75 Å². The molecule has 1 fully saturated rings. The topological polar surface area (TPSA) is 118 Å². The Morgan fingerprint density at radius 2 is 2.20 bits per heavy atom. The van der Waals surface area contributed by atoms with Crippen LogP contribution in [0, 0.1) is 5.92 Å². The Hall–Kier alpha value is -3.57. The van der Waals surface area contributed by atoms with E-state index in [0.29, 0.717) is 48.0 Å². The van der Waals surface area contributed by atoms with E-state index < -0.39 is 17.7 Å². The van der Waals surface area contributed by atoms with Crippen molar-refractivity contribution in [3.05, 3.63) is 53.5 Å². The van der Waals surface area contributed by atoms with Crippen LogP contribution in [-0.4, -0.2) is 74.6 Å². The van der Waals surface area contributed by atoms with E-state index in [1.165, 1.54) is 29.5 Å². The highest BCUT2D eigenvalue weighted by molar-refractivity contribution is 6.09. The minimum Gasteiger partial charge on any atom is -0.491 e. The summed E-state index contributed by atoms with van der Waals surface area (Å²) in [6, 6.07) is 4.97. The van der Waals surface area contributed by atoms with E-state index in [4.69, 9.17) is 9.47 Å². The van der Waals surface area contributed by atoms with Crippen molar-refractivity contribution in [2.75, 3.05) is 31.7 Å². The van der Waals surface area contributed by atoms with Crippen LogP contribution in [-0.2, 0) is 11.3 Å². The molecule has 2 aliphatic heterocycles. The Morgan fingerprint density at radius 1 is 1.40 bits per heavy atom. The van der Waals surface area contributed by atoms with Crippen molar-refractivity contribution in [2.45, 2.75) is 32.2 Å². The molecule has 2 amide bonds. The highest BCUT2D eigenvalue weighted by atomic mass is 19.1. The summed E-state index contributed by atoms with van der Waals surface area (Å²) < 4.78 is 27.1. The number of hydrogen-bond acceptors (Lipinski definition) is 7. The molecule has 10 nitrogen and oxygen atoms in total. The van der Waals surface area contributed by atoms with Crippen LogP contribution in [0.4, 0.5) is 10.1 Å². The van der Waals surface area contributed by atoms with Crippen LogP contribution in [0.5, 0.6) is 5.75 Å². The molecule has 0 unspecified atom stereocenters. The smallest absolute Gasteiger partial charge is 0.261 e. The standard InChI is InChI=1S/C24H26FN5O5/c1-24(2,33)20(25)10-29-9-15-6-18(19(7-16(15)23(29)32)35-13-14-11-34-12-14)28-22(31)17-8-27-30-5-3-4-26-21(17)30/h3-8,14,20,33H,9-13H2,1-2H3,(H,28,31)/t20-/m1/s1. The number of rotatable bonds is 8. The molecular weight excluding hydrogens is 457 g/mol. The van der Waals surface area contributed by atoms with Crippen LogP contribution in [0.3, 0.4) is 0 Å². The third-order valence-corrected chi connectivity index (χ3v) is 6.19. The summed E-state index contributed by atoms with van der Waals surface area (Å²) >= 11 is 0. The van der Waals surface area contributed by atoms with Gasteiger partial charge in [-0.2, -0.15) is 5.10 Å². The highest BCUT2D eigenvalue weighted by Crippen LogP contribution is 2.35. The van der Waals surface area contributed by atoms with E-state index in [1.807, 2.05) is 0 Å². The van der Waals surface area contributed by atoms with Gasteiger partial charge in [-0.1, -0.05) is 0 Å². The molecule has 0 bridgehead atoms. The number of fused-ring (bicyclic) bond motifs is 2. The first kappa shape index (κ1) is 23.2. The maximum atomic E-state index is 14.5. The summed E-state index contributed by atoms with van der Waals surface area (Å²) in [5.74, 6) is -0.222. The normalized spacial score (nSPS) is 16.8. The molecule has 11 heteroatoms. The van der Waals surface area contributed by atoms with E-state index >= 15 is 0 Å². The Morgan fingerprint density at radius 3 is 2.91 bits per heavy atom. The Kier molecular flexibility index (Phi) is 5.89. The summed E-state index contributed by atoms with van der Waals surface area (Å²) in [6.45, 7) is 4.17. The number of nitrogens with zero attached hydrogens (tertiary/aromatic N) is 4. The van der Waals surface area contributed by atoms with Gasteiger partial charge in [0.05, 0.1) is 43.9 Å². The number of carbonyl (C=O) groups is 2. The fourth-order valence-electron chi connectivity index (χ4n) is 3.95. The minimum atomic E-state index is -1.61. The van der Waals surface area contributed by atoms with Gasteiger partial charge in [-0.3, -0.25) is 9.59 Å². The van der Waals surface area contributed by atoms with Gasteiger partial charge in [-0.15, -0.1) is 0 Å². The molecule has 0 saturated carbocycles. The molecule has 35 heavy (non-hydrogen) atoms. The molecule has 0 aliphatic carbocycles. The zero-order chi connectivity index (χ0) is 24.7. The van der Waals surface area contributed by atoms with Gasteiger partial charge in [0.15, 0.2) is 5.65 Å². The molecule has 4 heterocycles. The predicted molar refractivity (Wildman–Crippen MR) is 123 cm³/mol. The molecule has 2 aromatic heterocycles. The Bertz CT molecular complexity index is 1280. The van der Waals surface area contributed by atoms with E-state index in [9.17, 15) is 19.1 Å². The second-order valence-corrected chi connectivity index (χ2v) is 9.43. The van der Waals surface area contributed by atoms with Gasteiger partial charge < -0.3 is 24.8 Å². The SMILES string of the molecule is CC(C)(O)[C@H](F)CN1Cc2cc(NC(=O)c3cnn4cccnc34)c(OCC3COC3)cc2C1=O. The molecule has 1 saturated heterocycles. The van der Waals surface area contributed by atoms with Crippen molar-refractivity contribution in [2.24, 2.45) is 5.92 Å². The van der Waals surface area contributed by atoms with Gasteiger partial charge in [0, 0.05) is 30.4 Å². The number of halogens is 1. The summed E-state index contributed by atoms with van der Waals surface area (Å²) in [4.78, 5) is 31.6. The van der Waals surface area contributed by atoms with E-state index in [2.05, 4.69) is 15.4 Å². The molecule has 0 radical (unpaired) electrons. The van der Waals surface area contributed by atoms with E-state index in [-0.39, 0.29) is 30.5 Å². The molecule has 1 atom stereocenters. The van der Waals surface area contributed by atoms with Gasteiger partial charge in [0.2, 0.25) is 0 Å². The maximum Gasteiger partial charge on any atom is 0.261 e. The van der Waals surface area contributed by atoms with Gasteiger partial charge >= 0.3 is 0 Å². The number of aromatic nitrogens is 3. The molecule has 1 aromatic carbocycles. The second-order valence-electron chi connectivity index (χ2n) is 9.43. The molecule has 0 spiro atoms. The zero-order valence-electron chi connectivity index (χ0n) is 19.4. The maximum absolute atomic E-state index is 14.5. The van der Waals surface area contributed by atoms with Crippen molar-refractivity contribution >= 4 is 23.1 Å². The molecular formula is C24H26FN5O5. The first-order valence-electron chi connectivity index (χ1n) is 11.3. The molecule has 5 rings (SSSR count). The van der Waals surface area contributed by atoms with Crippen molar-refractivity contribution < 1.29 is 28.6 Å². The van der Waals surface area contributed by atoms with Gasteiger partial charge in [0.25, 0.3) is 11.8 Å². The number of aliphatic hydroxyl groups is 1. The Labute approximate surface area is 200 Å². The number of amides is 2. The van der Waals surface area contributed by atoms with Crippen LogP contribution in [0.2, 0.25) is 0 Å². The zero-order valence-corrected chi connectivity index (χ0v) is 19.4. The van der Waals surface area contributed by atoms with Crippen LogP contribution >= 0.6 is 0 Å². The second kappa shape index (κ2) is 8.90. The third-order valence-electron chi connectivity index (χ3n) is 6.19. The number of benzene rings is 1. The first-order valence-corrected chi connectivity index (χ1v) is 11.3. The van der Waals surface area contributed by atoms with E-state index in [0.717, 1.165) is 0 Å². The van der Waals surface area contributed by atoms with Crippen LogP contribution in [0.1, 0.15) is 40.1 Å². The number of anilines is 1. The number of ether oxygens (including phenoxy) is 2. The summed E-state index contributed by atoms with van der Waals surface area (Å²) in [5, 5.41) is 17.0. The van der Waals surface area contributed by atoms with Gasteiger partial charge in [-0.25, -0.2) is 13.9 Å². The lowest BCUT2D eigenvalue weighted by Gasteiger charge is -2.26. The number of carbonyl (C=O) groups excluding carboxylic acids is 2. The fraction of sp³-hybridized carbons (Fsp3) is 0.417. The van der Waals surface area contributed by atoms with Crippen LogP contribution in [0.25, 0.3) is 5.65 Å². The first-order chi connectivity index (χ1) is 16.7. The lowest BCUT2D eigenvalue weighted by atomic mass is 10.0. The number of alkyl halides is 1. The average Bonchev–Trinajstić information content (AvgIpc) is 3.33. The fourth-order valence-corrected chi connectivity index (χ4v) is 3.95. The Balaban J connectivity index is 1.42. The van der Waals surface area contributed by atoms with E-state index in [1.54, 1.807) is 30.6 Å². The molecule has 2 aliphatic rings. The highest BCUT2D eigenvalue weighted by Gasteiger charge is 2.35. The summed E-state index contributed by atoms with van der Waals surface area (Å²) in [6.07, 6.45) is 3.08. The quantitative estimate of drug-likeness (QED) is 0.504. The van der Waals surface area contributed by atoms with Crippen LogP contribution in [0.15, 0.2) is 36.8 Å². The van der Waals surface area contributed by atoms with Crippen molar-refractivity contribution in [1.82, 2.24) is 19.5 Å². The van der Waals surface area contributed by atoms with Crippen molar-refractivity contribution in [3.63, 3.8) is 0 Å². The molecule has 3 aromatic rings. The average molecular weight is 484 g/mol. The third kappa shape index (κ3) is 4.56. The molecule has 184 valence electrons. The number of hydrogen-bond donors (Lipinski definition) is 2. The summed E-state index contributed by atoms with van der Waals surface area (Å²) in [5.41, 5.74) is 0.511. The lowest BCUT2D eigenvalue weighted by Crippen LogP contribution is -2.42. The monoisotopic (exact) mass is 483 g/mol. The predicted octanol–water partition coefficient (Wildman–Crippen LogP) is 2.07. The van der Waals surface area contributed by atoms with Gasteiger partial charge in [-0.05, 0) is 37.6 Å². The summed E-state index contributed by atoms with van der Waals surface area (Å²) in [7, 11) is 0. The van der Waals surface area contributed by atoms with Crippen molar-refractivity contribution in [1.29, 1.82) is 0 Å². The number of nitrogens with one attached hydrogen (secondary N) is 1. The molecule has 2 N–H and O–H groups in total.